The second-order valence-electron chi connectivity index (χ2n) is 4.32. The molecule has 0 saturated carbocycles. The molecule has 18 heavy (non-hydrogen) atoms. The zero-order valence-electron chi connectivity index (χ0n) is 10.6. The first-order valence-electron chi connectivity index (χ1n) is 6.45. The van der Waals surface area contributed by atoms with Crippen LogP contribution in [0.1, 0.15) is 37.3 Å². The molecule has 1 aromatic carbocycles. The summed E-state index contributed by atoms with van der Waals surface area (Å²) in [5.41, 5.74) is 6.68. The maximum Gasteiger partial charge on any atom is 0.241 e. The lowest BCUT2D eigenvalue weighted by molar-refractivity contribution is -0.122. The Morgan fingerprint density at radius 1 is 1.17 bits per heavy atom. The smallest absolute Gasteiger partial charge is 0.241 e. The van der Waals surface area contributed by atoms with Crippen LogP contribution in [0.5, 0.6) is 0 Å². The predicted octanol–water partition coefficient (Wildman–Crippen LogP) is 1.36. The molecule has 1 amide bonds. The van der Waals surface area contributed by atoms with E-state index in [-0.39, 0.29) is 12.5 Å². The molecule has 1 rings (SSSR count). The third kappa shape index (κ3) is 5.29. The van der Waals surface area contributed by atoms with E-state index in [0.717, 1.165) is 31.2 Å². The molecule has 1 aromatic rings. The SMILES string of the molecule is N[C@@H](C(=O)NCCCCCCO)c1ccccc1. The molecule has 1 atom stereocenters. The Morgan fingerprint density at radius 3 is 2.50 bits per heavy atom. The molecule has 4 heteroatoms. The number of nitrogens with one attached hydrogen (secondary N) is 1. The quantitative estimate of drug-likeness (QED) is 0.610. The van der Waals surface area contributed by atoms with Gasteiger partial charge in [0.25, 0.3) is 0 Å². The predicted molar refractivity (Wildman–Crippen MR) is 71.9 cm³/mol. The van der Waals surface area contributed by atoms with E-state index in [9.17, 15) is 4.79 Å². The van der Waals surface area contributed by atoms with E-state index in [4.69, 9.17) is 10.8 Å². The fraction of sp³-hybridized carbons (Fsp3) is 0.500. The Bertz CT molecular complexity index is 341. The first kappa shape index (κ1) is 14.7. The summed E-state index contributed by atoms with van der Waals surface area (Å²) >= 11 is 0. The van der Waals surface area contributed by atoms with Crippen LogP contribution in [0.3, 0.4) is 0 Å². The molecule has 100 valence electrons. The van der Waals surface area contributed by atoms with E-state index in [1.54, 1.807) is 0 Å². The van der Waals surface area contributed by atoms with E-state index < -0.39 is 6.04 Å². The summed E-state index contributed by atoms with van der Waals surface area (Å²) in [5, 5.41) is 11.5. The van der Waals surface area contributed by atoms with Crippen LogP contribution in [0.25, 0.3) is 0 Å². The number of benzene rings is 1. The van der Waals surface area contributed by atoms with Crippen LogP contribution >= 0.6 is 0 Å². The molecule has 0 saturated heterocycles. The average molecular weight is 250 g/mol. The van der Waals surface area contributed by atoms with Crippen LogP contribution in [0.15, 0.2) is 30.3 Å². The number of amides is 1. The Balaban J connectivity index is 2.20. The Labute approximate surface area is 108 Å². The van der Waals surface area contributed by atoms with Gasteiger partial charge in [0.1, 0.15) is 6.04 Å². The summed E-state index contributed by atoms with van der Waals surface area (Å²) < 4.78 is 0. The minimum Gasteiger partial charge on any atom is -0.396 e. The molecule has 0 aliphatic rings. The molecule has 0 radical (unpaired) electrons. The van der Waals surface area contributed by atoms with E-state index in [2.05, 4.69) is 5.32 Å². The molecule has 0 spiro atoms. The molecular formula is C14H22N2O2. The van der Waals surface area contributed by atoms with Gasteiger partial charge in [0, 0.05) is 13.2 Å². The summed E-state index contributed by atoms with van der Waals surface area (Å²) in [5.74, 6) is -0.136. The lowest BCUT2D eigenvalue weighted by atomic mass is 10.1. The first-order chi connectivity index (χ1) is 8.75. The molecular weight excluding hydrogens is 228 g/mol. The Kier molecular flexibility index (Phi) is 7.06. The average Bonchev–Trinajstić information content (AvgIpc) is 2.42. The second-order valence-corrected chi connectivity index (χ2v) is 4.32. The number of unbranched alkanes of at least 4 members (excludes halogenated alkanes) is 3. The third-order valence-corrected chi connectivity index (χ3v) is 2.83. The number of carbonyl (C=O) groups is 1. The van der Waals surface area contributed by atoms with Gasteiger partial charge >= 0.3 is 0 Å². The fourth-order valence-corrected chi connectivity index (χ4v) is 1.72. The van der Waals surface area contributed by atoms with Crippen molar-refractivity contribution in [2.24, 2.45) is 5.73 Å². The summed E-state index contributed by atoms with van der Waals surface area (Å²) in [6.07, 6.45) is 3.77. The molecule has 0 aliphatic heterocycles. The highest BCUT2D eigenvalue weighted by Crippen LogP contribution is 2.09. The molecule has 0 aromatic heterocycles. The van der Waals surface area contributed by atoms with Crippen LogP contribution in [-0.4, -0.2) is 24.2 Å². The van der Waals surface area contributed by atoms with Crippen molar-refractivity contribution in [3.63, 3.8) is 0 Å². The highest BCUT2D eigenvalue weighted by molar-refractivity contribution is 5.82. The maximum absolute atomic E-state index is 11.8. The van der Waals surface area contributed by atoms with Gasteiger partial charge in [-0.05, 0) is 18.4 Å². The number of carbonyl (C=O) groups excluding carboxylic acids is 1. The van der Waals surface area contributed by atoms with Gasteiger partial charge in [-0.15, -0.1) is 0 Å². The van der Waals surface area contributed by atoms with Crippen molar-refractivity contribution in [1.29, 1.82) is 0 Å². The zero-order valence-corrected chi connectivity index (χ0v) is 10.6. The zero-order chi connectivity index (χ0) is 13.2. The molecule has 0 heterocycles. The highest BCUT2D eigenvalue weighted by Gasteiger charge is 2.14. The summed E-state index contributed by atoms with van der Waals surface area (Å²) in [4.78, 5) is 11.8. The molecule has 0 fully saturated rings. The van der Waals surface area contributed by atoms with Gasteiger partial charge in [-0.3, -0.25) is 4.79 Å². The minimum atomic E-state index is -0.594. The van der Waals surface area contributed by atoms with Crippen molar-refractivity contribution >= 4 is 5.91 Å². The van der Waals surface area contributed by atoms with Crippen molar-refractivity contribution in [3.05, 3.63) is 35.9 Å². The van der Waals surface area contributed by atoms with E-state index in [0.29, 0.717) is 6.54 Å². The molecule has 0 bridgehead atoms. The van der Waals surface area contributed by atoms with Gasteiger partial charge < -0.3 is 16.2 Å². The summed E-state index contributed by atoms with van der Waals surface area (Å²) in [7, 11) is 0. The monoisotopic (exact) mass is 250 g/mol. The van der Waals surface area contributed by atoms with Crippen molar-refractivity contribution in [2.75, 3.05) is 13.2 Å². The number of hydrogen-bond acceptors (Lipinski definition) is 3. The third-order valence-electron chi connectivity index (χ3n) is 2.83. The van der Waals surface area contributed by atoms with Crippen LogP contribution in [-0.2, 0) is 4.79 Å². The van der Waals surface area contributed by atoms with Crippen LogP contribution in [0.4, 0.5) is 0 Å². The topological polar surface area (TPSA) is 75.4 Å². The number of aliphatic hydroxyl groups excluding tert-OH is 1. The number of aliphatic hydroxyl groups is 1. The number of rotatable bonds is 8. The lowest BCUT2D eigenvalue weighted by Crippen LogP contribution is -2.34. The van der Waals surface area contributed by atoms with E-state index in [1.165, 1.54) is 0 Å². The molecule has 0 unspecified atom stereocenters. The molecule has 0 aliphatic carbocycles. The standard InChI is InChI=1S/C14H22N2O2/c15-13(12-8-4-3-5-9-12)14(18)16-10-6-1-2-7-11-17/h3-5,8-9,13,17H,1-2,6-7,10-11,15H2,(H,16,18)/t13-/m1/s1. The van der Waals surface area contributed by atoms with Gasteiger partial charge in [-0.1, -0.05) is 43.2 Å². The highest BCUT2D eigenvalue weighted by atomic mass is 16.2. The van der Waals surface area contributed by atoms with Crippen molar-refractivity contribution in [3.8, 4) is 0 Å². The Hall–Kier alpha value is -1.39. The normalized spacial score (nSPS) is 12.1. The summed E-state index contributed by atoms with van der Waals surface area (Å²) in [6, 6.07) is 8.75. The van der Waals surface area contributed by atoms with Gasteiger partial charge in [0.15, 0.2) is 0 Å². The maximum atomic E-state index is 11.8. The van der Waals surface area contributed by atoms with E-state index in [1.807, 2.05) is 30.3 Å². The van der Waals surface area contributed by atoms with Gasteiger partial charge in [-0.2, -0.15) is 0 Å². The van der Waals surface area contributed by atoms with E-state index >= 15 is 0 Å². The van der Waals surface area contributed by atoms with Crippen molar-refractivity contribution < 1.29 is 9.90 Å². The molecule has 4 nitrogen and oxygen atoms in total. The van der Waals surface area contributed by atoms with Crippen molar-refractivity contribution in [2.45, 2.75) is 31.7 Å². The van der Waals surface area contributed by atoms with Gasteiger partial charge in [0.05, 0.1) is 0 Å². The first-order valence-corrected chi connectivity index (χ1v) is 6.45. The second kappa shape index (κ2) is 8.66. The van der Waals surface area contributed by atoms with Crippen LogP contribution in [0, 0.1) is 0 Å². The largest absolute Gasteiger partial charge is 0.396 e. The number of hydrogen-bond donors (Lipinski definition) is 3. The van der Waals surface area contributed by atoms with Gasteiger partial charge in [-0.25, -0.2) is 0 Å². The minimum absolute atomic E-state index is 0.136. The van der Waals surface area contributed by atoms with Crippen LogP contribution in [0.2, 0.25) is 0 Å². The van der Waals surface area contributed by atoms with Gasteiger partial charge in [0.2, 0.25) is 5.91 Å². The lowest BCUT2D eigenvalue weighted by Gasteiger charge is -2.12. The van der Waals surface area contributed by atoms with Crippen molar-refractivity contribution in [1.82, 2.24) is 5.32 Å². The summed E-state index contributed by atoms with van der Waals surface area (Å²) in [6.45, 7) is 0.885. The Morgan fingerprint density at radius 2 is 1.83 bits per heavy atom. The fourth-order valence-electron chi connectivity index (χ4n) is 1.72. The number of nitrogens with two attached hydrogens (primary N) is 1. The molecule has 4 N–H and O–H groups in total. The van der Waals surface area contributed by atoms with Crippen LogP contribution < -0.4 is 11.1 Å².